The van der Waals surface area contributed by atoms with Crippen LogP contribution in [0.1, 0.15) is 24.0 Å². The Morgan fingerprint density at radius 2 is 1.77 bits per heavy atom. The first kappa shape index (κ1) is 20.1. The number of para-hydroxylation sites is 1. The maximum atomic E-state index is 13.0. The standard InChI is InChI=1S/C22H22F3N3O2/c1-29-18-8-5-7-16(20(18)30-2)19-17-6-3-4-13-26-21(17)28(27-19)15-11-9-14(10-12-15)22(23,24)25/h5,7-12,26H,3-4,6,13H2,1-2H3. The largest absolute Gasteiger partial charge is 0.493 e. The van der Waals surface area contributed by atoms with Crippen LogP contribution in [0, 0.1) is 0 Å². The van der Waals surface area contributed by atoms with Gasteiger partial charge in [0.2, 0.25) is 0 Å². The number of rotatable bonds is 4. The lowest BCUT2D eigenvalue weighted by atomic mass is 10.0. The molecule has 0 saturated carbocycles. The third-order valence-electron chi connectivity index (χ3n) is 5.23. The monoisotopic (exact) mass is 417 g/mol. The van der Waals surface area contributed by atoms with Crippen LogP contribution in [0.4, 0.5) is 19.0 Å². The highest BCUT2D eigenvalue weighted by Crippen LogP contribution is 2.42. The van der Waals surface area contributed by atoms with Crippen LogP contribution in [0.3, 0.4) is 0 Å². The van der Waals surface area contributed by atoms with Gasteiger partial charge < -0.3 is 14.8 Å². The number of hydrogen-bond donors (Lipinski definition) is 1. The van der Waals surface area contributed by atoms with E-state index < -0.39 is 11.7 Å². The van der Waals surface area contributed by atoms with Gasteiger partial charge in [-0.05, 0) is 55.7 Å². The second-order valence-electron chi connectivity index (χ2n) is 7.06. The minimum Gasteiger partial charge on any atom is -0.493 e. The summed E-state index contributed by atoms with van der Waals surface area (Å²) in [7, 11) is 3.15. The summed E-state index contributed by atoms with van der Waals surface area (Å²) in [5.74, 6) is 1.96. The van der Waals surface area contributed by atoms with Gasteiger partial charge in [0.1, 0.15) is 11.5 Å². The number of methoxy groups -OCH3 is 2. The quantitative estimate of drug-likeness (QED) is 0.624. The summed E-state index contributed by atoms with van der Waals surface area (Å²) in [5.41, 5.74) is 2.39. The van der Waals surface area contributed by atoms with E-state index in [9.17, 15) is 13.2 Å². The maximum Gasteiger partial charge on any atom is 0.416 e. The highest BCUT2D eigenvalue weighted by Gasteiger charge is 2.30. The van der Waals surface area contributed by atoms with Crippen molar-refractivity contribution in [3.05, 3.63) is 53.6 Å². The van der Waals surface area contributed by atoms with E-state index in [0.29, 0.717) is 17.2 Å². The van der Waals surface area contributed by atoms with E-state index in [1.807, 2.05) is 18.2 Å². The Labute approximate surface area is 172 Å². The van der Waals surface area contributed by atoms with Crippen molar-refractivity contribution in [3.63, 3.8) is 0 Å². The SMILES string of the molecule is COc1cccc(-c2nn(-c3ccc(C(F)(F)F)cc3)c3c2CCCCN3)c1OC. The van der Waals surface area contributed by atoms with E-state index in [1.165, 1.54) is 12.1 Å². The second-order valence-corrected chi connectivity index (χ2v) is 7.06. The molecule has 0 aliphatic carbocycles. The van der Waals surface area contributed by atoms with Gasteiger partial charge in [-0.2, -0.15) is 18.3 Å². The van der Waals surface area contributed by atoms with Gasteiger partial charge in [-0.25, -0.2) is 4.68 Å². The van der Waals surface area contributed by atoms with Crippen LogP contribution in [0.2, 0.25) is 0 Å². The van der Waals surface area contributed by atoms with Crippen LogP contribution in [-0.2, 0) is 12.6 Å². The van der Waals surface area contributed by atoms with Crippen molar-refractivity contribution in [1.82, 2.24) is 9.78 Å². The molecule has 1 aromatic heterocycles. The summed E-state index contributed by atoms with van der Waals surface area (Å²) in [6.45, 7) is 0.772. The predicted molar refractivity (Wildman–Crippen MR) is 109 cm³/mol. The Kier molecular flexibility index (Phi) is 5.32. The van der Waals surface area contributed by atoms with Crippen molar-refractivity contribution in [2.75, 3.05) is 26.1 Å². The number of benzene rings is 2. The molecule has 0 bridgehead atoms. The Hall–Kier alpha value is -3.16. The number of anilines is 1. The lowest BCUT2D eigenvalue weighted by molar-refractivity contribution is -0.137. The lowest BCUT2D eigenvalue weighted by Crippen LogP contribution is -2.08. The molecule has 0 atom stereocenters. The minimum atomic E-state index is -4.38. The fraction of sp³-hybridized carbons (Fsp3) is 0.318. The Morgan fingerprint density at radius 3 is 2.43 bits per heavy atom. The van der Waals surface area contributed by atoms with Crippen LogP contribution >= 0.6 is 0 Å². The number of fused-ring (bicyclic) bond motifs is 1. The number of aromatic nitrogens is 2. The summed E-state index contributed by atoms with van der Waals surface area (Å²) >= 11 is 0. The van der Waals surface area contributed by atoms with Gasteiger partial charge in [0.15, 0.2) is 11.5 Å². The van der Waals surface area contributed by atoms with Gasteiger partial charge in [0.25, 0.3) is 0 Å². The van der Waals surface area contributed by atoms with Crippen LogP contribution in [0.15, 0.2) is 42.5 Å². The topological polar surface area (TPSA) is 48.3 Å². The molecule has 1 aliphatic heterocycles. The first-order chi connectivity index (χ1) is 14.4. The fourth-order valence-electron chi connectivity index (χ4n) is 3.77. The number of nitrogens with one attached hydrogen (secondary N) is 1. The normalized spacial score (nSPS) is 13.9. The molecule has 158 valence electrons. The second kappa shape index (κ2) is 7.93. The lowest BCUT2D eigenvalue weighted by Gasteiger charge is -2.12. The zero-order valence-corrected chi connectivity index (χ0v) is 16.7. The van der Waals surface area contributed by atoms with Crippen LogP contribution < -0.4 is 14.8 Å². The number of ether oxygens (including phenoxy) is 2. The summed E-state index contributed by atoms with van der Waals surface area (Å²) in [5, 5.41) is 8.19. The predicted octanol–water partition coefficient (Wildman–Crippen LogP) is 5.32. The third-order valence-corrected chi connectivity index (χ3v) is 5.23. The van der Waals surface area contributed by atoms with Gasteiger partial charge in [-0.3, -0.25) is 0 Å². The smallest absolute Gasteiger partial charge is 0.416 e. The number of halogens is 3. The number of alkyl halides is 3. The summed E-state index contributed by atoms with van der Waals surface area (Å²) in [4.78, 5) is 0. The average molecular weight is 417 g/mol. The van der Waals surface area contributed by atoms with Gasteiger partial charge in [-0.15, -0.1) is 0 Å². The van der Waals surface area contributed by atoms with Gasteiger partial charge in [0, 0.05) is 17.7 Å². The first-order valence-electron chi connectivity index (χ1n) is 9.69. The van der Waals surface area contributed by atoms with Gasteiger partial charge >= 0.3 is 6.18 Å². The van der Waals surface area contributed by atoms with Crippen LogP contribution in [0.25, 0.3) is 16.9 Å². The van der Waals surface area contributed by atoms with E-state index >= 15 is 0 Å². The van der Waals surface area contributed by atoms with E-state index in [-0.39, 0.29) is 0 Å². The molecular formula is C22H22F3N3O2. The molecule has 0 amide bonds. The van der Waals surface area contributed by atoms with E-state index in [1.54, 1.807) is 18.9 Å². The molecule has 1 aliphatic rings. The Bertz CT molecular complexity index is 1040. The molecule has 30 heavy (non-hydrogen) atoms. The molecule has 1 N–H and O–H groups in total. The minimum absolute atomic E-state index is 0.557. The molecule has 3 aromatic rings. The molecule has 4 rings (SSSR count). The van der Waals surface area contributed by atoms with Crippen LogP contribution in [0.5, 0.6) is 11.5 Å². The van der Waals surface area contributed by atoms with Crippen molar-refractivity contribution >= 4 is 5.82 Å². The Morgan fingerprint density at radius 1 is 1.00 bits per heavy atom. The Balaban J connectivity index is 1.88. The zero-order valence-electron chi connectivity index (χ0n) is 16.7. The molecule has 8 heteroatoms. The molecule has 5 nitrogen and oxygen atoms in total. The third kappa shape index (κ3) is 3.58. The fourth-order valence-corrected chi connectivity index (χ4v) is 3.77. The summed E-state index contributed by atoms with van der Waals surface area (Å²) in [6, 6.07) is 10.6. The zero-order chi connectivity index (χ0) is 21.3. The first-order valence-corrected chi connectivity index (χ1v) is 9.69. The molecule has 0 fully saturated rings. The van der Waals surface area contributed by atoms with E-state index in [4.69, 9.17) is 14.6 Å². The average Bonchev–Trinajstić information content (AvgIpc) is 2.92. The molecule has 0 unspecified atom stereocenters. The number of nitrogens with zero attached hydrogens (tertiary/aromatic N) is 2. The molecular weight excluding hydrogens is 395 g/mol. The van der Waals surface area contributed by atoms with Crippen LogP contribution in [-0.4, -0.2) is 30.5 Å². The van der Waals surface area contributed by atoms with Crippen molar-refractivity contribution in [2.45, 2.75) is 25.4 Å². The molecule has 2 aromatic carbocycles. The van der Waals surface area contributed by atoms with Gasteiger partial charge in [-0.1, -0.05) is 6.07 Å². The van der Waals surface area contributed by atoms with Gasteiger partial charge in [0.05, 0.1) is 25.5 Å². The molecule has 0 spiro atoms. The van der Waals surface area contributed by atoms with Crippen molar-refractivity contribution in [2.24, 2.45) is 0 Å². The van der Waals surface area contributed by atoms with E-state index in [0.717, 1.165) is 60.6 Å². The highest BCUT2D eigenvalue weighted by molar-refractivity contribution is 5.77. The van der Waals surface area contributed by atoms with Crippen molar-refractivity contribution in [1.29, 1.82) is 0 Å². The molecule has 0 saturated heterocycles. The van der Waals surface area contributed by atoms with Crippen molar-refractivity contribution in [3.8, 4) is 28.4 Å². The summed E-state index contributed by atoms with van der Waals surface area (Å²) < 4.78 is 51.6. The molecule has 2 heterocycles. The molecule has 0 radical (unpaired) electrons. The van der Waals surface area contributed by atoms with E-state index in [2.05, 4.69) is 5.32 Å². The summed E-state index contributed by atoms with van der Waals surface area (Å²) in [6.07, 6.45) is -1.59. The van der Waals surface area contributed by atoms with Crippen molar-refractivity contribution < 1.29 is 22.6 Å². The maximum absolute atomic E-state index is 13.0. The number of hydrogen-bond acceptors (Lipinski definition) is 4. The highest BCUT2D eigenvalue weighted by atomic mass is 19.4.